The summed E-state index contributed by atoms with van der Waals surface area (Å²) in [5, 5.41) is 12.4. The van der Waals surface area contributed by atoms with Crippen LogP contribution in [-0.4, -0.2) is 23.7 Å². The van der Waals surface area contributed by atoms with Crippen LogP contribution >= 0.6 is 0 Å². The van der Waals surface area contributed by atoms with Gasteiger partial charge in [-0.05, 0) is 18.9 Å². The molecule has 0 heterocycles. The third-order valence-electron chi connectivity index (χ3n) is 3.11. The minimum absolute atomic E-state index is 0.134. The molecule has 1 amide bonds. The number of aliphatic hydroxyl groups excluding tert-OH is 1. The molecule has 0 aliphatic carbocycles. The largest absolute Gasteiger partial charge is 0.394 e. The molecule has 2 unspecified atom stereocenters. The van der Waals surface area contributed by atoms with E-state index in [-0.39, 0.29) is 25.0 Å². The smallest absolute Gasteiger partial charge is 0.222 e. The van der Waals surface area contributed by atoms with Crippen molar-refractivity contribution in [2.75, 3.05) is 6.61 Å². The molecule has 1 aromatic rings. The zero-order valence-corrected chi connectivity index (χ0v) is 11.0. The summed E-state index contributed by atoms with van der Waals surface area (Å²) in [6, 6.07) is 9.30. The van der Waals surface area contributed by atoms with Crippen LogP contribution in [0.3, 0.4) is 0 Å². The molecule has 1 aromatic carbocycles. The second-order valence-corrected chi connectivity index (χ2v) is 4.78. The lowest BCUT2D eigenvalue weighted by Crippen LogP contribution is -2.47. The highest BCUT2D eigenvalue weighted by atomic mass is 16.3. The molecule has 4 heteroatoms. The lowest BCUT2D eigenvalue weighted by Gasteiger charge is -2.29. The molecular weight excluding hydrogens is 228 g/mol. The van der Waals surface area contributed by atoms with Gasteiger partial charge < -0.3 is 16.2 Å². The number of carbonyl (C=O) groups is 1. The van der Waals surface area contributed by atoms with Crippen molar-refractivity contribution in [1.29, 1.82) is 0 Å². The molecule has 2 atom stereocenters. The van der Waals surface area contributed by atoms with Crippen LogP contribution in [0, 0.1) is 0 Å². The Labute approximate surface area is 108 Å². The monoisotopic (exact) mass is 250 g/mol. The maximum absolute atomic E-state index is 11.9. The highest BCUT2D eigenvalue weighted by molar-refractivity contribution is 5.77. The Balaban J connectivity index is 2.75. The summed E-state index contributed by atoms with van der Waals surface area (Å²) in [5.74, 6) is -0.134. The van der Waals surface area contributed by atoms with E-state index in [4.69, 9.17) is 5.73 Å². The maximum atomic E-state index is 11.9. The molecule has 0 aromatic heterocycles. The van der Waals surface area contributed by atoms with Crippen LogP contribution in [0.25, 0.3) is 0 Å². The van der Waals surface area contributed by atoms with Crippen LogP contribution in [-0.2, 0) is 10.3 Å². The average molecular weight is 250 g/mol. The van der Waals surface area contributed by atoms with Gasteiger partial charge in [-0.15, -0.1) is 0 Å². The molecule has 0 bridgehead atoms. The molecule has 18 heavy (non-hydrogen) atoms. The Morgan fingerprint density at radius 2 is 2.06 bits per heavy atom. The molecule has 0 fully saturated rings. The van der Waals surface area contributed by atoms with Crippen LogP contribution in [0.2, 0.25) is 0 Å². The highest BCUT2D eigenvalue weighted by Gasteiger charge is 2.27. The van der Waals surface area contributed by atoms with Crippen LogP contribution < -0.4 is 11.1 Å². The van der Waals surface area contributed by atoms with Gasteiger partial charge in [-0.3, -0.25) is 4.79 Å². The Morgan fingerprint density at radius 1 is 1.44 bits per heavy atom. The van der Waals surface area contributed by atoms with Crippen LogP contribution in [0.15, 0.2) is 30.3 Å². The summed E-state index contributed by atoms with van der Waals surface area (Å²) in [5.41, 5.74) is 5.87. The van der Waals surface area contributed by atoms with E-state index in [1.807, 2.05) is 37.3 Å². The summed E-state index contributed by atoms with van der Waals surface area (Å²) >= 11 is 0. The quantitative estimate of drug-likeness (QED) is 0.708. The average Bonchev–Trinajstić information content (AvgIpc) is 2.39. The van der Waals surface area contributed by atoms with Gasteiger partial charge >= 0.3 is 0 Å². The lowest BCUT2D eigenvalue weighted by molar-refractivity contribution is -0.123. The predicted octanol–water partition coefficient (Wildman–Crippen LogP) is 1.14. The standard InChI is InChI=1S/C14H22N2O2/c1-3-12(15)9-13(18)16-14(2,10-17)11-7-5-4-6-8-11/h4-8,12,17H,3,9-10,15H2,1-2H3,(H,16,18). The molecule has 0 radical (unpaired) electrons. The van der Waals surface area contributed by atoms with E-state index in [0.29, 0.717) is 0 Å². The second kappa shape index (κ2) is 6.52. The van der Waals surface area contributed by atoms with Crippen LogP contribution in [0.5, 0.6) is 0 Å². The SMILES string of the molecule is CCC(N)CC(=O)NC(C)(CO)c1ccccc1. The summed E-state index contributed by atoms with van der Waals surface area (Å²) in [7, 11) is 0. The molecule has 0 aliphatic heterocycles. The van der Waals surface area contributed by atoms with E-state index in [1.54, 1.807) is 6.92 Å². The zero-order chi connectivity index (χ0) is 13.6. The number of aliphatic hydroxyl groups is 1. The molecule has 4 N–H and O–H groups in total. The van der Waals surface area contributed by atoms with Gasteiger partial charge in [0.05, 0.1) is 12.1 Å². The van der Waals surface area contributed by atoms with Gasteiger partial charge in [0.25, 0.3) is 0 Å². The van der Waals surface area contributed by atoms with Crippen molar-refractivity contribution < 1.29 is 9.90 Å². The first-order valence-corrected chi connectivity index (χ1v) is 6.25. The number of carbonyl (C=O) groups excluding carboxylic acids is 1. The first-order valence-electron chi connectivity index (χ1n) is 6.25. The van der Waals surface area contributed by atoms with Crippen LogP contribution in [0.4, 0.5) is 0 Å². The van der Waals surface area contributed by atoms with Gasteiger partial charge in [0.2, 0.25) is 5.91 Å². The first kappa shape index (κ1) is 14.7. The van der Waals surface area contributed by atoms with E-state index in [1.165, 1.54) is 0 Å². The third kappa shape index (κ3) is 3.82. The zero-order valence-electron chi connectivity index (χ0n) is 11.0. The minimum Gasteiger partial charge on any atom is -0.394 e. The molecular formula is C14H22N2O2. The second-order valence-electron chi connectivity index (χ2n) is 4.78. The summed E-state index contributed by atoms with van der Waals surface area (Å²) in [6.07, 6.45) is 1.04. The fourth-order valence-electron chi connectivity index (χ4n) is 1.75. The molecule has 4 nitrogen and oxygen atoms in total. The van der Waals surface area contributed by atoms with E-state index < -0.39 is 5.54 Å². The molecule has 0 saturated carbocycles. The number of amides is 1. The summed E-state index contributed by atoms with van der Waals surface area (Å²) in [6.45, 7) is 3.60. The normalized spacial score (nSPS) is 15.8. The van der Waals surface area contributed by atoms with Gasteiger partial charge in [0.1, 0.15) is 0 Å². The number of rotatable bonds is 6. The van der Waals surface area contributed by atoms with Crippen molar-refractivity contribution in [1.82, 2.24) is 5.32 Å². The van der Waals surface area contributed by atoms with Crippen molar-refractivity contribution in [2.45, 2.75) is 38.3 Å². The van der Waals surface area contributed by atoms with Gasteiger partial charge in [-0.25, -0.2) is 0 Å². The van der Waals surface area contributed by atoms with Crippen molar-refractivity contribution in [2.24, 2.45) is 5.73 Å². The van der Waals surface area contributed by atoms with Gasteiger partial charge in [-0.1, -0.05) is 37.3 Å². The fourth-order valence-corrected chi connectivity index (χ4v) is 1.75. The van der Waals surface area contributed by atoms with E-state index in [2.05, 4.69) is 5.32 Å². The summed E-state index contributed by atoms with van der Waals surface area (Å²) in [4.78, 5) is 11.9. The number of hydrogen-bond donors (Lipinski definition) is 3. The van der Waals surface area contributed by atoms with Gasteiger partial charge in [0, 0.05) is 12.5 Å². The molecule has 100 valence electrons. The predicted molar refractivity (Wildman–Crippen MR) is 71.9 cm³/mol. The van der Waals surface area contributed by atoms with E-state index >= 15 is 0 Å². The Morgan fingerprint density at radius 3 is 2.56 bits per heavy atom. The van der Waals surface area contributed by atoms with Crippen LogP contribution in [0.1, 0.15) is 32.3 Å². The number of hydrogen-bond acceptors (Lipinski definition) is 3. The molecule has 1 rings (SSSR count). The summed E-state index contributed by atoms with van der Waals surface area (Å²) < 4.78 is 0. The third-order valence-corrected chi connectivity index (χ3v) is 3.11. The fraction of sp³-hybridized carbons (Fsp3) is 0.500. The van der Waals surface area contributed by atoms with Crippen molar-refractivity contribution in [3.63, 3.8) is 0 Å². The van der Waals surface area contributed by atoms with Crippen molar-refractivity contribution in [3.8, 4) is 0 Å². The Hall–Kier alpha value is -1.39. The van der Waals surface area contributed by atoms with Crippen molar-refractivity contribution in [3.05, 3.63) is 35.9 Å². The Kier molecular flexibility index (Phi) is 5.31. The molecule has 0 aliphatic rings. The topological polar surface area (TPSA) is 75.4 Å². The Bertz CT molecular complexity index is 381. The molecule has 0 spiro atoms. The number of nitrogens with two attached hydrogens (primary N) is 1. The first-order chi connectivity index (χ1) is 8.51. The van der Waals surface area contributed by atoms with Crippen molar-refractivity contribution >= 4 is 5.91 Å². The van der Waals surface area contributed by atoms with E-state index in [0.717, 1.165) is 12.0 Å². The number of benzene rings is 1. The highest BCUT2D eigenvalue weighted by Crippen LogP contribution is 2.20. The maximum Gasteiger partial charge on any atom is 0.222 e. The lowest BCUT2D eigenvalue weighted by atomic mass is 9.92. The minimum atomic E-state index is -0.758. The van der Waals surface area contributed by atoms with Gasteiger partial charge in [-0.2, -0.15) is 0 Å². The van der Waals surface area contributed by atoms with Gasteiger partial charge in [0.15, 0.2) is 0 Å². The number of nitrogens with one attached hydrogen (secondary N) is 1. The molecule has 0 saturated heterocycles. The van der Waals surface area contributed by atoms with E-state index in [9.17, 15) is 9.90 Å².